The van der Waals surface area contributed by atoms with Gasteiger partial charge in [0.25, 0.3) is 0 Å². The molecule has 1 unspecified atom stereocenters. The van der Waals surface area contributed by atoms with Crippen LogP contribution in [0.3, 0.4) is 0 Å². The van der Waals surface area contributed by atoms with E-state index in [4.69, 9.17) is 4.74 Å². The molecule has 5 aromatic rings. The number of rotatable bonds is 8. The van der Waals surface area contributed by atoms with Crippen molar-refractivity contribution < 1.29 is 18.4 Å². The first-order valence-corrected chi connectivity index (χ1v) is 15.3. The van der Waals surface area contributed by atoms with Crippen molar-refractivity contribution in [2.75, 3.05) is 31.1 Å². The highest BCUT2D eigenvalue weighted by Gasteiger charge is 2.34. The molecule has 0 radical (unpaired) electrons. The number of nitriles is 1. The fourth-order valence-electron chi connectivity index (χ4n) is 5.90. The van der Waals surface area contributed by atoms with Crippen molar-refractivity contribution in [3.63, 3.8) is 0 Å². The van der Waals surface area contributed by atoms with E-state index in [1.54, 1.807) is 47.5 Å². The van der Waals surface area contributed by atoms with E-state index in [0.717, 1.165) is 5.56 Å². The predicted octanol–water partition coefficient (Wildman–Crippen LogP) is 5.64. The lowest BCUT2D eigenvalue weighted by Crippen LogP contribution is -2.48. The van der Waals surface area contributed by atoms with Crippen molar-refractivity contribution in [3.8, 4) is 11.8 Å². The van der Waals surface area contributed by atoms with Crippen molar-refractivity contribution in [1.82, 2.24) is 19.4 Å². The topological polar surface area (TPSA) is 130 Å². The average Bonchev–Trinajstić information content (AvgIpc) is 3.07. The highest BCUT2D eigenvalue weighted by molar-refractivity contribution is 9.10. The molecule has 0 bridgehead atoms. The van der Waals surface area contributed by atoms with E-state index in [9.17, 15) is 29.0 Å². The zero-order valence-electron chi connectivity index (χ0n) is 24.9. The maximum atomic E-state index is 14.6. The van der Waals surface area contributed by atoms with Crippen LogP contribution in [0.5, 0.6) is 5.75 Å². The van der Waals surface area contributed by atoms with Gasteiger partial charge in [-0.3, -0.25) is 24.8 Å². The van der Waals surface area contributed by atoms with Crippen LogP contribution >= 0.6 is 15.9 Å². The normalized spacial score (nSPS) is 14.1. The fourth-order valence-corrected chi connectivity index (χ4v) is 6.21. The summed E-state index contributed by atoms with van der Waals surface area (Å²) < 4.78 is 36.5. The number of nitro groups is 1. The molecule has 0 amide bonds. The molecule has 3 aromatic heterocycles. The van der Waals surface area contributed by atoms with E-state index < -0.39 is 33.8 Å². The zero-order chi connectivity index (χ0) is 33.2. The predicted molar refractivity (Wildman–Crippen MR) is 173 cm³/mol. The Morgan fingerprint density at radius 3 is 2.47 bits per heavy atom. The summed E-state index contributed by atoms with van der Waals surface area (Å²) >= 11 is 3.35. The van der Waals surface area contributed by atoms with Crippen molar-refractivity contribution in [2.45, 2.75) is 12.6 Å². The second-order valence-corrected chi connectivity index (χ2v) is 11.8. The first kappa shape index (κ1) is 31.7. The standard InChI is InChI=1S/C33H26BrF2N7O4/c1-40-26-8-9-28(34)39-29(26)31(32(33(40)44)43(45)46)42-12-10-41(11-13-42)30(22-2-4-23(35)5-3-22)25-7-6-24(36)15-27(25)47-19-21-14-20(16-37)17-38-18-21/h2-9,14-15,17-18,30H,10-13,19H2,1H3. The molecule has 11 nitrogen and oxygen atoms in total. The smallest absolute Gasteiger partial charge is 0.359 e. The number of nitrogens with zero attached hydrogens (tertiary/aromatic N) is 7. The third-order valence-corrected chi connectivity index (χ3v) is 8.55. The molecule has 238 valence electrons. The first-order chi connectivity index (χ1) is 22.6. The zero-order valence-corrected chi connectivity index (χ0v) is 26.5. The summed E-state index contributed by atoms with van der Waals surface area (Å²) in [5.41, 5.74) is 1.94. The van der Waals surface area contributed by atoms with Crippen molar-refractivity contribution in [3.05, 3.63) is 132 Å². The molecule has 6 rings (SSSR count). The van der Waals surface area contributed by atoms with E-state index >= 15 is 0 Å². The molecule has 1 fully saturated rings. The van der Waals surface area contributed by atoms with Gasteiger partial charge in [-0.15, -0.1) is 0 Å². The van der Waals surface area contributed by atoms with Gasteiger partial charge in [0.1, 0.15) is 40.2 Å². The van der Waals surface area contributed by atoms with Gasteiger partial charge in [0, 0.05) is 62.8 Å². The molecule has 1 atom stereocenters. The second kappa shape index (κ2) is 13.2. The highest BCUT2D eigenvalue weighted by atomic mass is 79.9. The molecule has 1 aliphatic heterocycles. The van der Waals surface area contributed by atoms with Crippen LogP contribution in [0.1, 0.15) is 28.3 Å². The lowest BCUT2D eigenvalue weighted by atomic mass is 9.95. The van der Waals surface area contributed by atoms with Gasteiger partial charge in [-0.25, -0.2) is 13.8 Å². The monoisotopic (exact) mass is 701 g/mol. The van der Waals surface area contributed by atoms with Crippen LogP contribution in [0, 0.1) is 33.1 Å². The van der Waals surface area contributed by atoms with Crippen LogP contribution in [0.15, 0.2) is 82.5 Å². The minimum atomic E-state index is -0.739. The molecular formula is C33H26BrF2N7O4. The molecule has 4 heterocycles. The average molecular weight is 703 g/mol. The number of piperazine rings is 1. The number of pyridine rings is 3. The Labute approximate surface area is 275 Å². The van der Waals surface area contributed by atoms with Crippen molar-refractivity contribution in [1.29, 1.82) is 5.26 Å². The Morgan fingerprint density at radius 2 is 1.77 bits per heavy atom. The Kier molecular flexibility index (Phi) is 8.93. The van der Waals surface area contributed by atoms with Crippen molar-refractivity contribution >= 4 is 38.3 Å². The highest BCUT2D eigenvalue weighted by Crippen LogP contribution is 2.39. The van der Waals surface area contributed by atoms with Gasteiger partial charge >= 0.3 is 11.2 Å². The maximum absolute atomic E-state index is 14.6. The van der Waals surface area contributed by atoms with Gasteiger partial charge in [0.15, 0.2) is 5.69 Å². The van der Waals surface area contributed by atoms with Gasteiger partial charge in [-0.1, -0.05) is 18.2 Å². The lowest BCUT2D eigenvalue weighted by Gasteiger charge is -2.40. The molecular weight excluding hydrogens is 676 g/mol. The number of ether oxygens (including phenoxy) is 1. The summed E-state index contributed by atoms with van der Waals surface area (Å²) in [6, 6.07) is 16.7. The Morgan fingerprint density at radius 1 is 1.04 bits per heavy atom. The summed E-state index contributed by atoms with van der Waals surface area (Å²) in [6.07, 6.45) is 2.99. The Bertz CT molecular complexity index is 2100. The van der Waals surface area contributed by atoms with Crippen LogP contribution in [-0.2, 0) is 13.7 Å². The van der Waals surface area contributed by atoms with Gasteiger partial charge in [0.05, 0.1) is 22.0 Å². The van der Waals surface area contributed by atoms with E-state index in [2.05, 4.69) is 30.8 Å². The summed E-state index contributed by atoms with van der Waals surface area (Å²) in [5, 5.41) is 21.5. The Balaban J connectivity index is 1.36. The molecule has 0 aliphatic carbocycles. The molecule has 1 aliphatic rings. The van der Waals surface area contributed by atoms with Gasteiger partial charge < -0.3 is 14.2 Å². The SMILES string of the molecule is Cn1c(=O)c([N+](=O)[O-])c(N2CCN(C(c3ccc(F)cc3)c3ccc(F)cc3OCc3cncc(C#N)c3)CC2)c2nc(Br)ccc21. The number of aryl methyl sites for hydroxylation is 1. The van der Waals surface area contributed by atoms with Gasteiger partial charge in [-0.05, 0) is 57.9 Å². The molecule has 0 saturated carbocycles. The number of hydrogen-bond acceptors (Lipinski definition) is 9. The number of benzene rings is 2. The van der Waals surface area contributed by atoms with E-state index in [0.29, 0.717) is 58.5 Å². The molecule has 1 saturated heterocycles. The lowest BCUT2D eigenvalue weighted by molar-refractivity contribution is -0.385. The maximum Gasteiger partial charge on any atom is 0.359 e. The summed E-state index contributed by atoms with van der Waals surface area (Å²) in [7, 11) is 1.47. The third-order valence-electron chi connectivity index (χ3n) is 8.11. The van der Waals surface area contributed by atoms with E-state index in [1.165, 1.54) is 42.1 Å². The number of aromatic nitrogens is 3. The summed E-state index contributed by atoms with van der Waals surface area (Å²) in [6.45, 7) is 1.34. The molecule has 0 N–H and O–H groups in total. The number of anilines is 1. The summed E-state index contributed by atoms with van der Waals surface area (Å²) in [4.78, 5) is 37.2. The van der Waals surface area contributed by atoms with Crippen LogP contribution in [0.4, 0.5) is 20.2 Å². The molecule has 0 spiro atoms. The quantitative estimate of drug-likeness (QED) is 0.115. The van der Waals surface area contributed by atoms with Crippen LogP contribution in [-0.4, -0.2) is 50.5 Å². The summed E-state index contributed by atoms with van der Waals surface area (Å²) in [5.74, 6) is -0.675. The van der Waals surface area contributed by atoms with E-state index in [-0.39, 0.29) is 18.0 Å². The molecule has 14 heteroatoms. The third kappa shape index (κ3) is 6.40. The number of halogens is 3. The molecule has 2 aromatic carbocycles. The fraction of sp³-hybridized carbons (Fsp3) is 0.212. The van der Waals surface area contributed by atoms with Gasteiger partial charge in [0.2, 0.25) is 0 Å². The van der Waals surface area contributed by atoms with Crippen LogP contribution in [0.2, 0.25) is 0 Å². The first-order valence-electron chi connectivity index (χ1n) is 14.5. The second-order valence-electron chi connectivity index (χ2n) is 11.0. The molecule has 47 heavy (non-hydrogen) atoms. The van der Waals surface area contributed by atoms with E-state index in [1.807, 2.05) is 6.07 Å². The Hall–Kier alpha value is -5.26. The van der Waals surface area contributed by atoms with Crippen molar-refractivity contribution in [2.24, 2.45) is 7.05 Å². The number of hydrogen-bond donors (Lipinski definition) is 0. The minimum absolute atomic E-state index is 0.0190. The van der Waals surface area contributed by atoms with Crippen LogP contribution in [0.25, 0.3) is 11.0 Å². The minimum Gasteiger partial charge on any atom is -0.488 e. The van der Waals surface area contributed by atoms with Gasteiger partial charge in [-0.2, -0.15) is 5.26 Å². The largest absolute Gasteiger partial charge is 0.488 e. The van der Waals surface area contributed by atoms with Crippen LogP contribution < -0.4 is 15.2 Å². The number of fused-ring (bicyclic) bond motifs is 1.